The fourth-order valence-corrected chi connectivity index (χ4v) is 0.904. The van der Waals surface area contributed by atoms with Gasteiger partial charge in [0.15, 0.2) is 12.9 Å². The lowest BCUT2D eigenvalue weighted by molar-refractivity contribution is -1.01. The van der Waals surface area contributed by atoms with Gasteiger partial charge < -0.3 is 4.90 Å². The Hall–Kier alpha value is -0.570. The fraction of sp³-hybridized carbons (Fsp3) is 0.667. The van der Waals surface area contributed by atoms with E-state index in [0.29, 0.717) is 13.2 Å². The molecule has 0 radical (unpaired) electrons. The molecule has 2 nitrogen and oxygen atoms in total. The topological polar surface area (TPSA) is 3.24 Å². The van der Waals surface area contributed by atoms with Crippen molar-refractivity contribution in [1.82, 2.24) is 4.90 Å². The summed E-state index contributed by atoms with van der Waals surface area (Å²) >= 11 is 0. The first-order chi connectivity index (χ1) is 4.16. The Balaban J connectivity index is 2.57. The molecule has 1 aliphatic heterocycles. The standard InChI is InChI=1S/C6H12FN2/c1-3-9(7)5-4-8(2)6-9/h4-5H,3,6H2,1-2H3/q+1. The Bertz CT molecular complexity index is 135. The van der Waals surface area contributed by atoms with Crippen molar-refractivity contribution in [2.45, 2.75) is 6.92 Å². The van der Waals surface area contributed by atoms with Gasteiger partial charge >= 0.3 is 0 Å². The predicted octanol–water partition coefficient (Wildman–Crippen LogP) is 1.08. The minimum Gasteiger partial charge on any atom is -0.326 e. The van der Waals surface area contributed by atoms with Gasteiger partial charge in [0.25, 0.3) is 0 Å². The van der Waals surface area contributed by atoms with Gasteiger partial charge in [0, 0.05) is 11.5 Å². The SMILES string of the molecule is CC[N+]1(F)C=CN(C)C1. The second kappa shape index (κ2) is 1.99. The van der Waals surface area contributed by atoms with Gasteiger partial charge in [-0.1, -0.05) is 4.71 Å². The Kier molecular flexibility index (Phi) is 1.45. The molecule has 9 heavy (non-hydrogen) atoms. The zero-order valence-electron chi connectivity index (χ0n) is 5.84. The van der Waals surface area contributed by atoms with Gasteiger partial charge in [0.1, 0.15) is 6.54 Å². The minimum absolute atomic E-state index is 0.448. The highest BCUT2D eigenvalue weighted by Crippen LogP contribution is 2.16. The monoisotopic (exact) mass is 131 g/mol. The van der Waals surface area contributed by atoms with Crippen molar-refractivity contribution in [3.05, 3.63) is 12.4 Å². The molecule has 0 aromatic rings. The Morgan fingerprint density at radius 3 is 2.67 bits per heavy atom. The van der Waals surface area contributed by atoms with Crippen molar-refractivity contribution < 1.29 is 9.19 Å². The molecule has 0 aromatic carbocycles. The van der Waals surface area contributed by atoms with Crippen LogP contribution in [0, 0.1) is 0 Å². The van der Waals surface area contributed by atoms with Crippen LogP contribution in [0.15, 0.2) is 12.4 Å². The van der Waals surface area contributed by atoms with Crippen LogP contribution in [0.1, 0.15) is 6.92 Å². The van der Waals surface area contributed by atoms with E-state index in [-0.39, 0.29) is 0 Å². The second-order valence-corrected chi connectivity index (χ2v) is 2.44. The van der Waals surface area contributed by atoms with Gasteiger partial charge in [0.2, 0.25) is 0 Å². The van der Waals surface area contributed by atoms with E-state index in [1.54, 1.807) is 12.4 Å². The van der Waals surface area contributed by atoms with Gasteiger partial charge in [-0.3, -0.25) is 0 Å². The molecule has 1 unspecified atom stereocenters. The number of hydrogen-bond acceptors (Lipinski definition) is 1. The highest BCUT2D eigenvalue weighted by molar-refractivity contribution is 4.76. The van der Waals surface area contributed by atoms with Crippen LogP contribution in [-0.4, -0.2) is 29.9 Å². The first kappa shape index (κ1) is 6.55. The molecular formula is C6H12FN2+. The van der Waals surface area contributed by atoms with E-state index >= 15 is 0 Å². The van der Waals surface area contributed by atoms with Crippen LogP contribution < -0.4 is 0 Å². The molecule has 0 amide bonds. The van der Waals surface area contributed by atoms with Gasteiger partial charge in [-0.05, 0) is 6.92 Å². The lowest BCUT2D eigenvalue weighted by atomic mass is 10.6. The van der Waals surface area contributed by atoms with Crippen molar-refractivity contribution >= 4 is 0 Å². The molecule has 3 heteroatoms. The summed E-state index contributed by atoms with van der Waals surface area (Å²) in [7, 11) is 1.87. The van der Waals surface area contributed by atoms with Crippen molar-refractivity contribution in [3.8, 4) is 0 Å². The van der Waals surface area contributed by atoms with Crippen LogP contribution in [0.2, 0.25) is 0 Å². The molecule has 52 valence electrons. The van der Waals surface area contributed by atoms with E-state index < -0.39 is 4.71 Å². The molecule has 0 aliphatic carbocycles. The zero-order valence-corrected chi connectivity index (χ0v) is 5.84. The Morgan fingerprint density at radius 2 is 2.44 bits per heavy atom. The van der Waals surface area contributed by atoms with Crippen molar-refractivity contribution in [2.75, 3.05) is 20.3 Å². The van der Waals surface area contributed by atoms with Crippen LogP contribution in [0.3, 0.4) is 0 Å². The molecule has 0 N–H and O–H groups in total. The highest BCUT2D eigenvalue weighted by Gasteiger charge is 2.29. The highest BCUT2D eigenvalue weighted by atomic mass is 19.2. The molecule has 0 fully saturated rings. The maximum absolute atomic E-state index is 13.1. The lowest BCUT2D eigenvalue weighted by Crippen LogP contribution is -2.35. The zero-order chi connectivity index (χ0) is 6.91. The maximum atomic E-state index is 13.1. The molecule has 0 bridgehead atoms. The average molecular weight is 131 g/mol. The minimum atomic E-state index is -0.448. The third-order valence-corrected chi connectivity index (χ3v) is 1.57. The van der Waals surface area contributed by atoms with Crippen LogP contribution in [-0.2, 0) is 0 Å². The van der Waals surface area contributed by atoms with E-state index in [0.717, 1.165) is 0 Å². The van der Waals surface area contributed by atoms with E-state index in [9.17, 15) is 4.48 Å². The first-order valence-corrected chi connectivity index (χ1v) is 3.12. The summed E-state index contributed by atoms with van der Waals surface area (Å²) < 4.78 is 12.7. The largest absolute Gasteiger partial charge is 0.326 e. The van der Waals surface area contributed by atoms with Crippen LogP contribution in [0.4, 0.5) is 4.48 Å². The van der Waals surface area contributed by atoms with E-state index in [4.69, 9.17) is 0 Å². The molecule has 1 atom stereocenters. The number of nitrogens with zero attached hydrogens (tertiary/aromatic N) is 2. The quantitative estimate of drug-likeness (QED) is 0.481. The molecule has 0 saturated heterocycles. The number of hydrogen-bond donors (Lipinski definition) is 0. The summed E-state index contributed by atoms with van der Waals surface area (Å²) in [5.74, 6) is 0. The van der Waals surface area contributed by atoms with Crippen LogP contribution in [0.5, 0.6) is 0 Å². The van der Waals surface area contributed by atoms with Crippen LogP contribution in [0.25, 0.3) is 0 Å². The third kappa shape index (κ3) is 1.21. The number of rotatable bonds is 1. The summed E-state index contributed by atoms with van der Waals surface area (Å²) in [5, 5.41) is 0. The third-order valence-electron chi connectivity index (χ3n) is 1.57. The maximum Gasteiger partial charge on any atom is 0.194 e. The first-order valence-electron chi connectivity index (χ1n) is 3.12. The molecule has 0 spiro atoms. The summed E-state index contributed by atoms with van der Waals surface area (Å²) in [6, 6.07) is 0. The van der Waals surface area contributed by atoms with Gasteiger partial charge in [-0.25, -0.2) is 0 Å². The van der Waals surface area contributed by atoms with Gasteiger partial charge in [-0.2, -0.15) is 0 Å². The summed E-state index contributed by atoms with van der Waals surface area (Å²) in [6.07, 6.45) is 3.34. The molecule has 1 heterocycles. The molecule has 1 rings (SSSR count). The van der Waals surface area contributed by atoms with E-state index in [1.165, 1.54) is 0 Å². The van der Waals surface area contributed by atoms with E-state index in [1.807, 2.05) is 18.9 Å². The van der Waals surface area contributed by atoms with Crippen molar-refractivity contribution in [3.63, 3.8) is 0 Å². The molecule has 1 aliphatic rings. The lowest BCUT2D eigenvalue weighted by Gasteiger charge is -2.16. The summed E-state index contributed by atoms with van der Waals surface area (Å²) in [6.45, 7) is 2.81. The normalized spacial score (nSPS) is 33.9. The summed E-state index contributed by atoms with van der Waals surface area (Å²) in [4.78, 5) is 1.84. The number of quaternary nitrogens is 1. The van der Waals surface area contributed by atoms with Crippen molar-refractivity contribution in [2.24, 2.45) is 0 Å². The average Bonchev–Trinajstić information content (AvgIpc) is 2.13. The smallest absolute Gasteiger partial charge is 0.194 e. The fourth-order valence-electron chi connectivity index (χ4n) is 0.904. The van der Waals surface area contributed by atoms with Crippen LogP contribution >= 0.6 is 0 Å². The Morgan fingerprint density at radius 1 is 1.78 bits per heavy atom. The van der Waals surface area contributed by atoms with Crippen molar-refractivity contribution in [1.29, 1.82) is 0 Å². The predicted molar refractivity (Wildman–Crippen MR) is 33.7 cm³/mol. The molecular weight excluding hydrogens is 119 g/mol. The number of halogens is 1. The van der Waals surface area contributed by atoms with E-state index in [2.05, 4.69) is 0 Å². The molecule has 0 aromatic heterocycles. The Labute approximate surface area is 54.7 Å². The molecule has 0 saturated carbocycles. The summed E-state index contributed by atoms with van der Waals surface area (Å²) in [5.41, 5.74) is 0. The van der Waals surface area contributed by atoms with Gasteiger partial charge in [-0.15, -0.1) is 0 Å². The second-order valence-electron chi connectivity index (χ2n) is 2.44. The van der Waals surface area contributed by atoms with Gasteiger partial charge in [0.05, 0.1) is 6.20 Å².